The zero-order valence-corrected chi connectivity index (χ0v) is 19.6. The number of carbonyl (C=O) groups excluding carboxylic acids is 1. The van der Waals surface area contributed by atoms with Gasteiger partial charge in [-0.25, -0.2) is 13.4 Å². The smallest absolute Gasteiger partial charge is 0.233 e. The number of imidazole rings is 1. The molecule has 6 nitrogen and oxygen atoms in total. The van der Waals surface area contributed by atoms with Gasteiger partial charge in [0.15, 0.2) is 15.0 Å². The molecule has 1 aromatic heterocycles. The number of unbranched alkanes of at least 4 members (excludes halogenated alkanes) is 1. The maximum absolute atomic E-state index is 13.0. The molecule has 1 amide bonds. The normalized spacial score (nSPS) is 18.1. The maximum atomic E-state index is 13.0. The number of sulfone groups is 1. The van der Waals surface area contributed by atoms with Crippen LogP contribution in [0.25, 0.3) is 5.69 Å². The first-order valence-corrected chi connectivity index (χ1v) is 13.4. The average Bonchev–Trinajstić information content (AvgIpc) is 3.32. The minimum atomic E-state index is -3.03. The third kappa shape index (κ3) is 5.66. The zero-order valence-electron chi connectivity index (χ0n) is 18.0. The van der Waals surface area contributed by atoms with Gasteiger partial charge in [0.1, 0.15) is 0 Å². The zero-order chi connectivity index (χ0) is 21.7. The highest BCUT2D eigenvalue weighted by Gasteiger charge is 2.34. The molecule has 0 spiro atoms. The molecule has 0 unspecified atom stereocenters. The van der Waals surface area contributed by atoms with Gasteiger partial charge in [-0.2, -0.15) is 0 Å². The predicted molar refractivity (Wildman–Crippen MR) is 122 cm³/mol. The molecular formula is C22H31N3O3S2. The fourth-order valence-corrected chi connectivity index (χ4v) is 6.27. The Morgan fingerprint density at radius 3 is 2.63 bits per heavy atom. The van der Waals surface area contributed by atoms with Crippen LogP contribution in [0.5, 0.6) is 0 Å². The van der Waals surface area contributed by atoms with E-state index in [9.17, 15) is 13.2 Å². The first-order chi connectivity index (χ1) is 14.3. The molecule has 1 aliphatic heterocycles. The summed E-state index contributed by atoms with van der Waals surface area (Å²) in [6, 6.07) is 8.18. The summed E-state index contributed by atoms with van der Waals surface area (Å²) in [7, 11) is -3.03. The monoisotopic (exact) mass is 449 g/mol. The molecule has 0 aliphatic carbocycles. The van der Waals surface area contributed by atoms with Crippen molar-refractivity contribution in [3.63, 3.8) is 0 Å². The fourth-order valence-electron chi connectivity index (χ4n) is 3.68. The van der Waals surface area contributed by atoms with Crippen molar-refractivity contribution in [2.45, 2.75) is 57.1 Å². The van der Waals surface area contributed by atoms with Crippen LogP contribution in [0.15, 0.2) is 41.8 Å². The van der Waals surface area contributed by atoms with E-state index in [1.807, 2.05) is 10.8 Å². The van der Waals surface area contributed by atoms with E-state index in [2.05, 4.69) is 50.0 Å². The van der Waals surface area contributed by atoms with Crippen LogP contribution in [0.1, 0.15) is 51.5 Å². The SMILES string of the molecule is CCCCN(C(=O)CSc1nccn1-c1ccc(C(C)C)cc1)[C@H]1CCS(=O)(=O)C1. The van der Waals surface area contributed by atoms with Gasteiger partial charge in [0.2, 0.25) is 5.91 Å². The first kappa shape index (κ1) is 22.9. The lowest BCUT2D eigenvalue weighted by Crippen LogP contribution is -2.42. The highest BCUT2D eigenvalue weighted by atomic mass is 32.2. The second-order valence-corrected chi connectivity index (χ2v) is 11.3. The molecule has 30 heavy (non-hydrogen) atoms. The van der Waals surface area contributed by atoms with Crippen molar-refractivity contribution in [1.82, 2.24) is 14.5 Å². The molecular weight excluding hydrogens is 418 g/mol. The van der Waals surface area contributed by atoms with E-state index < -0.39 is 9.84 Å². The van der Waals surface area contributed by atoms with Crippen LogP contribution < -0.4 is 0 Å². The molecule has 1 saturated heterocycles. The summed E-state index contributed by atoms with van der Waals surface area (Å²) < 4.78 is 25.8. The average molecular weight is 450 g/mol. The number of hydrogen-bond donors (Lipinski definition) is 0. The van der Waals surface area contributed by atoms with E-state index in [-0.39, 0.29) is 29.2 Å². The van der Waals surface area contributed by atoms with Crippen molar-refractivity contribution in [3.8, 4) is 5.69 Å². The van der Waals surface area contributed by atoms with Gasteiger partial charge in [0, 0.05) is 30.7 Å². The third-order valence-corrected chi connectivity index (χ3v) is 8.19. The predicted octanol–water partition coefficient (Wildman–Crippen LogP) is 3.90. The Bertz CT molecular complexity index is 952. The first-order valence-electron chi connectivity index (χ1n) is 10.6. The number of nitrogens with zero attached hydrogens (tertiary/aromatic N) is 3. The summed E-state index contributed by atoms with van der Waals surface area (Å²) in [4.78, 5) is 19.2. The number of hydrogen-bond acceptors (Lipinski definition) is 5. The van der Waals surface area contributed by atoms with E-state index >= 15 is 0 Å². The summed E-state index contributed by atoms with van der Waals surface area (Å²) in [5.74, 6) is 0.977. The molecule has 3 rings (SSSR count). The van der Waals surface area contributed by atoms with Crippen molar-refractivity contribution in [2.75, 3.05) is 23.8 Å². The van der Waals surface area contributed by atoms with Gasteiger partial charge in [-0.3, -0.25) is 9.36 Å². The van der Waals surface area contributed by atoms with Gasteiger partial charge in [0.25, 0.3) is 0 Å². The van der Waals surface area contributed by atoms with Gasteiger partial charge in [-0.15, -0.1) is 0 Å². The molecule has 0 bridgehead atoms. The number of carbonyl (C=O) groups is 1. The third-order valence-electron chi connectivity index (χ3n) is 5.49. The summed E-state index contributed by atoms with van der Waals surface area (Å²) in [5, 5.41) is 0.759. The number of benzene rings is 1. The highest BCUT2D eigenvalue weighted by Crippen LogP contribution is 2.24. The van der Waals surface area contributed by atoms with Gasteiger partial charge in [0.05, 0.1) is 17.3 Å². The molecule has 1 atom stereocenters. The summed E-state index contributed by atoms with van der Waals surface area (Å²) in [5.41, 5.74) is 2.29. The van der Waals surface area contributed by atoms with Crippen LogP contribution in [0.4, 0.5) is 0 Å². The number of amides is 1. The van der Waals surface area contributed by atoms with Gasteiger partial charge >= 0.3 is 0 Å². The van der Waals surface area contributed by atoms with Crippen LogP contribution in [0.2, 0.25) is 0 Å². The minimum Gasteiger partial charge on any atom is -0.338 e. The lowest BCUT2D eigenvalue weighted by Gasteiger charge is -2.28. The Hall–Kier alpha value is -1.80. The Morgan fingerprint density at radius 1 is 1.30 bits per heavy atom. The lowest BCUT2D eigenvalue weighted by molar-refractivity contribution is -0.130. The second kappa shape index (κ2) is 10.0. The standard InChI is InChI=1S/C22H31N3O3S2/c1-4-5-12-24(20-10-14-30(27,28)16-20)21(26)15-29-22-23-11-13-25(22)19-8-6-18(7-9-19)17(2)3/h6-9,11,13,17,20H,4-5,10,12,14-16H2,1-3H3/t20-/m0/s1. The molecule has 1 fully saturated rings. The molecule has 0 N–H and O–H groups in total. The van der Waals surface area contributed by atoms with E-state index in [0.717, 1.165) is 23.7 Å². The number of aromatic nitrogens is 2. The molecule has 1 aromatic carbocycles. The largest absolute Gasteiger partial charge is 0.338 e. The van der Waals surface area contributed by atoms with Crippen LogP contribution in [-0.4, -0.2) is 58.6 Å². The molecule has 2 aromatic rings. The van der Waals surface area contributed by atoms with Crippen molar-refractivity contribution < 1.29 is 13.2 Å². The van der Waals surface area contributed by atoms with E-state index in [1.54, 1.807) is 11.1 Å². The molecule has 164 valence electrons. The second-order valence-electron chi connectivity index (χ2n) is 8.11. The van der Waals surface area contributed by atoms with Crippen LogP contribution >= 0.6 is 11.8 Å². The number of rotatable bonds is 9. The summed E-state index contributed by atoms with van der Waals surface area (Å²) in [6.07, 6.45) is 6.02. The topological polar surface area (TPSA) is 72.3 Å². The van der Waals surface area contributed by atoms with Crippen molar-refractivity contribution in [2.24, 2.45) is 0 Å². The Labute approximate surface area is 184 Å². The summed E-state index contributed by atoms with van der Waals surface area (Å²) >= 11 is 1.40. The Balaban J connectivity index is 1.68. The molecule has 1 aliphatic rings. The van der Waals surface area contributed by atoms with Crippen LogP contribution in [-0.2, 0) is 14.6 Å². The molecule has 0 radical (unpaired) electrons. The van der Waals surface area contributed by atoms with Gasteiger partial charge in [-0.1, -0.05) is 51.1 Å². The van der Waals surface area contributed by atoms with Crippen LogP contribution in [0.3, 0.4) is 0 Å². The lowest BCUT2D eigenvalue weighted by atomic mass is 10.0. The van der Waals surface area contributed by atoms with Crippen molar-refractivity contribution in [3.05, 3.63) is 42.2 Å². The van der Waals surface area contributed by atoms with Crippen molar-refractivity contribution in [1.29, 1.82) is 0 Å². The van der Waals surface area contributed by atoms with E-state index in [4.69, 9.17) is 0 Å². The molecule has 2 heterocycles. The molecule has 0 saturated carbocycles. The van der Waals surface area contributed by atoms with Crippen LogP contribution in [0, 0.1) is 0 Å². The van der Waals surface area contributed by atoms with E-state index in [1.165, 1.54) is 17.3 Å². The highest BCUT2D eigenvalue weighted by molar-refractivity contribution is 7.99. The minimum absolute atomic E-state index is 0.0137. The van der Waals surface area contributed by atoms with Gasteiger partial charge < -0.3 is 4.90 Å². The Morgan fingerprint density at radius 2 is 2.03 bits per heavy atom. The maximum Gasteiger partial charge on any atom is 0.233 e. The van der Waals surface area contributed by atoms with Gasteiger partial charge in [-0.05, 0) is 36.5 Å². The van der Waals surface area contributed by atoms with E-state index in [0.29, 0.717) is 18.9 Å². The fraction of sp³-hybridized carbons (Fsp3) is 0.545. The van der Waals surface area contributed by atoms with Crippen molar-refractivity contribution >= 4 is 27.5 Å². The Kier molecular flexibility index (Phi) is 7.63. The summed E-state index contributed by atoms with van der Waals surface area (Å²) in [6.45, 7) is 7.02. The molecule has 8 heteroatoms. The quantitative estimate of drug-likeness (QED) is 0.543. The number of thioether (sulfide) groups is 1.